The van der Waals surface area contributed by atoms with E-state index < -0.39 is 0 Å². The lowest BCUT2D eigenvalue weighted by atomic mass is 9.89. The van der Waals surface area contributed by atoms with Crippen LogP contribution >= 0.6 is 11.3 Å². The third-order valence-corrected chi connectivity index (χ3v) is 7.39. The van der Waals surface area contributed by atoms with Gasteiger partial charge in [0.2, 0.25) is 0 Å². The second kappa shape index (κ2) is 10.1. The molecule has 4 aromatic rings. The normalized spacial score (nSPS) is 13.6. The largest absolute Gasteiger partial charge is 0.496 e. The number of thiophene rings is 1. The first kappa shape index (κ1) is 22.2. The van der Waals surface area contributed by atoms with Crippen LogP contribution in [-0.2, 0) is 12.8 Å². The number of aryl methyl sites for hydroxylation is 1. The molecule has 0 unspecified atom stereocenters. The van der Waals surface area contributed by atoms with Gasteiger partial charge in [-0.2, -0.15) is 0 Å². The summed E-state index contributed by atoms with van der Waals surface area (Å²) >= 11 is 1.70. The monoisotopic (exact) mass is 469 g/mol. The van der Waals surface area contributed by atoms with E-state index in [0.717, 1.165) is 47.0 Å². The number of hydrogen-bond donors (Lipinski definition) is 2. The van der Waals surface area contributed by atoms with Gasteiger partial charge in [0.25, 0.3) is 5.91 Å². The second-order valence-electron chi connectivity index (χ2n) is 8.31. The number of hydrogen-bond acceptors (Lipinski definition) is 5. The van der Waals surface area contributed by atoms with Crippen molar-refractivity contribution in [3.63, 3.8) is 0 Å². The van der Waals surface area contributed by atoms with Crippen LogP contribution in [0, 0.1) is 0 Å². The minimum Gasteiger partial charge on any atom is -0.496 e. The predicted molar refractivity (Wildman–Crippen MR) is 138 cm³/mol. The zero-order valence-corrected chi connectivity index (χ0v) is 19.9. The van der Waals surface area contributed by atoms with E-state index in [1.54, 1.807) is 24.6 Å². The smallest absolute Gasteiger partial charge is 0.256 e. The van der Waals surface area contributed by atoms with Gasteiger partial charge < -0.3 is 15.4 Å². The van der Waals surface area contributed by atoms with Crippen molar-refractivity contribution in [2.75, 3.05) is 17.7 Å². The van der Waals surface area contributed by atoms with Crippen LogP contribution in [-0.4, -0.2) is 18.0 Å². The molecule has 6 heteroatoms. The molecule has 1 aliphatic carbocycles. The lowest BCUT2D eigenvalue weighted by Gasteiger charge is -2.25. The summed E-state index contributed by atoms with van der Waals surface area (Å²) in [6.45, 7) is 0. The number of anilines is 2. The van der Waals surface area contributed by atoms with E-state index in [4.69, 9.17) is 4.74 Å². The zero-order valence-electron chi connectivity index (χ0n) is 19.1. The molecule has 0 saturated heterocycles. The Morgan fingerprint density at radius 3 is 2.53 bits per heavy atom. The van der Waals surface area contributed by atoms with Gasteiger partial charge in [0.15, 0.2) is 0 Å². The summed E-state index contributed by atoms with van der Waals surface area (Å²) in [5.41, 5.74) is 4.10. The van der Waals surface area contributed by atoms with Crippen molar-refractivity contribution < 1.29 is 9.53 Å². The summed E-state index contributed by atoms with van der Waals surface area (Å²) in [6, 6.07) is 23.0. The maximum absolute atomic E-state index is 13.2. The number of amides is 1. The molecule has 2 aromatic carbocycles. The molecule has 0 bridgehead atoms. The Bertz CT molecular complexity index is 1270. The third kappa shape index (κ3) is 4.54. The molecular weight excluding hydrogens is 442 g/mol. The number of benzene rings is 2. The molecule has 2 heterocycles. The number of para-hydroxylation sites is 1. The Kier molecular flexibility index (Phi) is 6.58. The van der Waals surface area contributed by atoms with Gasteiger partial charge in [-0.15, -0.1) is 11.3 Å². The van der Waals surface area contributed by atoms with Gasteiger partial charge in [0, 0.05) is 27.8 Å². The second-order valence-corrected chi connectivity index (χ2v) is 9.41. The number of methoxy groups -OCH3 is 1. The molecule has 1 amide bonds. The minimum absolute atomic E-state index is 0.0999. The van der Waals surface area contributed by atoms with Gasteiger partial charge in [0.1, 0.15) is 16.6 Å². The van der Waals surface area contributed by atoms with Crippen LogP contribution in [0.1, 0.15) is 50.8 Å². The van der Waals surface area contributed by atoms with Crippen LogP contribution in [0.25, 0.3) is 0 Å². The molecule has 0 spiro atoms. The van der Waals surface area contributed by atoms with Crippen LogP contribution in [0.15, 0.2) is 79.0 Å². The van der Waals surface area contributed by atoms with E-state index in [2.05, 4.69) is 21.7 Å². The number of rotatable bonds is 7. The van der Waals surface area contributed by atoms with E-state index in [-0.39, 0.29) is 11.9 Å². The summed E-state index contributed by atoms with van der Waals surface area (Å²) in [5.74, 6) is 1.47. The lowest BCUT2D eigenvalue weighted by molar-refractivity contribution is 0.102. The number of fused-ring (bicyclic) bond motifs is 1. The van der Waals surface area contributed by atoms with Crippen molar-refractivity contribution >= 4 is 28.1 Å². The molecule has 0 saturated carbocycles. The van der Waals surface area contributed by atoms with Crippen LogP contribution in [0.4, 0.5) is 10.8 Å². The van der Waals surface area contributed by atoms with Crippen molar-refractivity contribution in [1.82, 2.24) is 4.98 Å². The van der Waals surface area contributed by atoms with Gasteiger partial charge in [0.05, 0.1) is 13.2 Å². The van der Waals surface area contributed by atoms with E-state index >= 15 is 0 Å². The van der Waals surface area contributed by atoms with Crippen molar-refractivity contribution in [2.45, 2.75) is 31.7 Å². The summed E-state index contributed by atoms with van der Waals surface area (Å²) in [4.78, 5) is 19.0. The molecule has 0 fully saturated rings. The number of nitrogens with zero attached hydrogens (tertiary/aromatic N) is 1. The van der Waals surface area contributed by atoms with E-state index in [0.29, 0.717) is 5.56 Å². The van der Waals surface area contributed by atoms with Gasteiger partial charge in [-0.3, -0.25) is 4.79 Å². The van der Waals surface area contributed by atoms with Crippen LogP contribution < -0.4 is 15.4 Å². The Balaban J connectivity index is 1.64. The molecular formula is C28H27N3O2S. The Hall–Kier alpha value is -3.64. The maximum Gasteiger partial charge on any atom is 0.256 e. The Morgan fingerprint density at radius 1 is 0.971 bits per heavy atom. The lowest BCUT2D eigenvalue weighted by Crippen LogP contribution is -2.19. The van der Waals surface area contributed by atoms with Gasteiger partial charge in [-0.1, -0.05) is 42.5 Å². The van der Waals surface area contributed by atoms with E-state index in [1.807, 2.05) is 66.7 Å². The zero-order chi connectivity index (χ0) is 23.3. The van der Waals surface area contributed by atoms with Crippen molar-refractivity contribution in [3.8, 4) is 5.75 Å². The van der Waals surface area contributed by atoms with Crippen molar-refractivity contribution in [1.29, 1.82) is 0 Å². The topological polar surface area (TPSA) is 63.2 Å². The number of aromatic nitrogens is 1. The molecule has 2 aromatic heterocycles. The molecule has 2 N–H and O–H groups in total. The molecule has 1 atom stereocenters. The fourth-order valence-electron chi connectivity index (χ4n) is 4.56. The number of ether oxygens (including phenoxy) is 1. The quantitative estimate of drug-likeness (QED) is 0.325. The van der Waals surface area contributed by atoms with Gasteiger partial charge in [-0.25, -0.2) is 4.98 Å². The Labute approximate surface area is 203 Å². The first-order valence-electron chi connectivity index (χ1n) is 11.6. The summed E-state index contributed by atoms with van der Waals surface area (Å²) in [6.07, 6.45) is 6.13. The number of pyridine rings is 1. The number of carbonyl (C=O) groups excluding carboxylic acids is 1. The maximum atomic E-state index is 13.2. The van der Waals surface area contributed by atoms with Crippen LogP contribution in [0.3, 0.4) is 0 Å². The average Bonchev–Trinajstić information content (AvgIpc) is 3.26. The fourth-order valence-corrected chi connectivity index (χ4v) is 5.88. The van der Waals surface area contributed by atoms with Crippen molar-refractivity contribution in [3.05, 3.63) is 106 Å². The van der Waals surface area contributed by atoms with Crippen LogP contribution in [0.5, 0.6) is 5.75 Å². The standard InChI is InChI=1S/C28H27N3O2S/c1-33-22-15-7-5-13-20(22)26(30-24-17-9-10-18-29-24)25-21-14-6-8-16-23(21)34-28(25)31-27(32)19-11-3-2-4-12-19/h2-5,7,9-13,15,17-18,26H,6,8,14,16H2,1H3,(H,29,30)(H,31,32)/t26-/m1/s1. The molecule has 5 rings (SSSR count). The summed E-state index contributed by atoms with van der Waals surface area (Å²) in [7, 11) is 1.69. The van der Waals surface area contributed by atoms with Gasteiger partial charge in [-0.05, 0) is 61.6 Å². The fraction of sp³-hybridized carbons (Fsp3) is 0.214. The molecule has 0 aliphatic heterocycles. The first-order valence-corrected chi connectivity index (χ1v) is 12.4. The summed E-state index contributed by atoms with van der Waals surface area (Å²) in [5, 5.41) is 7.77. The first-order chi connectivity index (χ1) is 16.7. The molecule has 5 nitrogen and oxygen atoms in total. The predicted octanol–water partition coefficient (Wildman–Crippen LogP) is 6.48. The molecule has 172 valence electrons. The molecule has 34 heavy (non-hydrogen) atoms. The Morgan fingerprint density at radius 2 is 1.74 bits per heavy atom. The molecule has 0 radical (unpaired) electrons. The van der Waals surface area contributed by atoms with Crippen molar-refractivity contribution in [2.24, 2.45) is 0 Å². The highest BCUT2D eigenvalue weighted by atomic mass is 32.1. The highest BCUT2D eigenvalue weighted by molar-refractivity contribution is 7.16. The van der Waals surface area contributed by atoms with E-state index in [1.165, 1.54) is 16.9 Å². The summed E-state index contributed by atoms with van der Waals surface area (Å²) < 4.78 is 5.75. The highest BCUT2D eigenvalue weighted by Gasteiger charge is 2.30. The minimum atomic E-state index is -0.227. The molecule has 1 aliphatic rings. The SMILES string of the molecule is COc1ccccc1[C@@H](Nc1ccccn1)c1c(NC(=O)c2ccccc2)sc2c1CCCC2. The van der Waals surface area contributed by atoms with Crippen LogP contribution in [0.2, 0.25) is 0 Å². The number of carbonyl (C=O) groups is 1. The van der Waals surface area contributed by atoms with E-state index in [9.17, 15) is 4.79 Å². The highest BCUT2D eigenvalue weighted by Crippen LogP contribution is 2.46. The average molecular weight is 470 g/mol. The number of nitrogens with one attached hydrogen (secondary N) is 2. The van der Waals surface area contributed by atoms with Gasteiger partial charge >= 0.3 is 0 Å². The third-order valence-electron chi connectivity index (χ3n) is 6.17.